The summed E-state index contributed by atoms with van der Waals surface area (Å²) in [5.74, 6) is 1.87. The minimum absolute atomic E-state index is 0.792. The van der Waals surface area contributed by atoms with Crippen molar-refractivity contribution in [3.8, 4) is 0 Å². The van der Waals surface area contributed by atoms with Gasteiger partial charge in [-0.05, 0) is 57.2 Å². The highest BCUT2D eigenvalue weighted by molar-refractivity contribution is 4.81. The number of rotatable bonds is 3. The van der Waals surface area contributed by atoms with Crippen LogP contribution < -0.4 is 5.32 Å². The van der Waals surface area contributed by atoms with E-state index in [9.17, 15) is 0 Å². The molecule has 0 bridgehead atoms. The number of hydrogen-bond acceptors (Lipinski definition) is 2. The lowest BCUT2D eigenvalue weighted by molar-refractivity contribution is 0.148. The fourth-order valence-electron chi connectivity index (χ4n) is 3.03. The Labute approximate surface area is 94.4 Å². The summed E-state index contributed by atoms with van der Waals surface area (Å²) in [7, 11) is 0. The predicted octanol–water partition coefficient (Wildman–Crippen LogP) is 2.11. The Morgan fingerprint density at radius 1 is 1.20 bits per heavy atom. The van der Waals surface area contributed by atoms with E-state index < -0.39 is 0 Å². The minimum atomic E-state index is 0.792. The zero-order chi connectivity index (χ0) is 10.7. The Bertz CT molecular complexity index is 177. The van der Waals surface area contributed by atoms with Crippen LogP contribution in [0.1, 0.15) is 39.5 Å². The fourth-order valence-corrected chi connectivity index (χ4v) is 3.03. The summed E-state index contributed by atoms with van der Waals surface area (Å²) in [6.45, 7) is 9.96. The molecule has 0 radical (unpaired) electrons. The molecule has 0 aromatic carbocycles. The summed E-state index contributed by atoms with van der Waals surface area (Å²) in [5, 5.41) is 3.60. The van der Waals surface area contributed by atoms with Crippen LogP contribution in [0.4, 0.5) is 0 Å². The van der Waals surface area contributed by atoms with Gasteiger partial charge in [-0.15, -0.1) is 0 Å². The van der Waals surface area contributed by atoms with Crippen LogP contribution in [0.3, 0.4) is 0 Å². The van der Waals surface area contributed by atoms with Crippen molar-refractivity contribution in [1.82, 2.24) is 10.2 Å². The van der Waals surface area contributed by atoms with Crippen LogP contribution in [-0.2, 0) is 0 Å². The maximum Gasteiger partial charge on any atom is 0.0195 e. The second kappa shape index (κ2) is 5.31. The number of nitrogens with one attached hydrogen (secondary N) is 1. The summed E-state index contributed by atoms with van der Waals surface area (Å²) in [6, 6.07) is 0.792. The van der Waals surface area contributed by atoms with E-state index in [1.807, 2.05) is 0 Å². The average molecular weight is 210 g/mol. The Morgan fingerprint density at radius 3 is 2.47 bits per heavy atom. The van der Waals surface area contributed by atoms with E-state index in [1.165, 1.54) is 51.9 Å². The molecule has 0 aromatic rings. The van der Waals surface area contributed by atoms with Gasteiger partial charge in [-0.3, -0.25) is 0 Å². The van der Waals surface area contributed by atoms with Crippen molar-refractivity contribution in [2.24, 2.45) is 11.8 Å². The van der Waals surface area contributed by atoms with Gasteiger partial charge in [0.05, 0.1) is 0 Å². The molecule has 88 valence electrons. The van der Waals surface area contributed by atoms with Gasteiger partial charge < -0.3 is 10.2 Å². The van der Waals surface area contributed by atoms with Gasteiger partial charge in [0.1, 0.15) is 0 Å². The normalized spacial score (nSPS) is 30.2. The maximum absolute atomic E-state index is 3.60. The highest BCUT2D eigenvalue weighted by Crippen LogP contribution is 2.24. The van der Waals surface area contributed by atoms with Crippen LogP contribution >= 0.6 is 0 Å². The molecule has 2 aliphatic heterocycles. The van der Waals surface area contributed by atoms with Gasteiger partial charge in [-0.1, -0.05) is 13.8 Å². The summed E-state index contributed by atoms with van der Waals surface area (Å²) >= 11 is 0. The SMILES string of the molecule is CC(C)C1CCN(C[C@@H]2CCCN2)CC1. The number of likely N-dealkylation sites (tertiary alicyclic amines) is 1. The quantitative estimate of drug-likeness (QED) is 0.767. The highest BCUT2D eigenvalue weighted by atomic mass is 15.2. The van der Waals surface area contributed by atoms with Crippen molar-refractivity contribution in [3.05, 3.63) is 0 Å². The molecule has 2 saturated heterocycles. The summed E-state index contributed by atoms with van der Waals surface area (Å²) in [5.41, 5.74) is 0. The molecule has 2 rings (SSSR count). The van der Waals surface area contributed by atoms with E-state index in [0.29, 0.717) is 0 Å². The first-order valence-electron chi connectivity index (χ1n) is 6.71. The van der Waals surface area contributed by atoms with Crippen LogP contribution in [0, 0.1) is 11.8 Å². The maximum atomic E-state index is 3.60. The summed E-state index contributed by atoms with van der Waals surface area (Å²) < 4.78 is 0. The molecule has 1 N–H and O–H groups in total. The molecule has 0 saturated carbocycles. The lowest BCUT2D eigenvalue weighted by atomic mass is 9.86. The molecule has 2 heterocycles. The van der Waals surface area contributed by atoms with Crippen LogP contribution in [0.25, 0.3) is 0 Å². The van der Waals surface area contributed by atoms with E-state index in [1.54, 1.807) is 0 Å². The second-order valence-corrected chi connectivity index (χ2v) is 5.68. The predicted molar refractivity (Wildman–Crippen MR) is 65.0 cm³/mol. The third-order valence-corrected chi connectivity index (χ3v) is 4.22. The van der Waals surface area contributed by atoms with Gasteiger partial charge in [0.25, 0.3) is 0 Å². The molecule has 0 aliphatic carbocycles. The minimum Gasteiger partial charge on any atom is -0.313 e. The van der Waals surface area contributed by atoms with Crippen LogP contribution in [0.15, 0.2) is 0 Å². The van der Waals surface area contributed by atoms with Crippen molar-refractivity contribution in [2.45, 2.75) is 45.6 Å². The van der Waals surface area contributed by atoms with Crippen LogP contribution in [0.2, 0.25) is 0 Å². The summed E-state index contributed by atoms with van der Waals surface area (Å²) in [4.78, 5) is 2.67. The zero-order valence-electron chi connectivity index (χ0n) is 10.3. The van der Waals surface area contributed by atoms with Gasteiger partial charge in [0, 0.05) is 12.6 Å². The molecule has 15 heavy (non-hydrogen) atoms. The Morgan fingerprint density at radius 2 is 1.93 bits per heavy atom. The third-order valence-electron chi connectivity index (χ3n) is 4.22. The van der Waals surface area contributed by atoms with Crippen molar-refractivity contribution in [1.29, 1.82) is 0 Å². The first-order chi connectivity index (χ1) is 7.25. The monoisotopic (exact) mass is 210 g/mol. The van der Waals surface area contributed by atoms with Crippen molar-refractivity contribution < 1.29 is 0 Å². The van der Waals surface area contributed by atoms with Crippen molar-refractivity contribution in [2.75, 3.05) is 26.2 Å². The molecule has 2 nitrogen and oxygen atoms in total. The topological polar surface area (TPSA) is 15.3 Å². The Hall–Kier alpha value is -0.0800. The Balaban J connectivity index is 1.68. The molecular weight excluding hydrogens is 184 g/mol. The van der Waals surface area contributed by atoms with E-state index in [-0.39, 0.29) is 0 Å². The largest absolute Gasteiger partial charge is 0.313 e. The molecular formula is C13H26N2. The van der Waals surface area contributed by atoms with Crippen LogP contribution in [0.5, 0.6) is 0 Å². The molecule has 0 amide bonds. The fraction of sp³-hybridized carbons (Fsp3) is 1.00. The molecule has 0 spiro atoms. The van der Waals surface area contributed by atoms with E-state index in [2.05, 4.69) is 24.1 Å². The lowest BCUT2D eigenvalue weighted by Crippen LogP contribution is -2.42. The van der Waals surface area contributed by atoms with E-state index in [0.717, 1.165) is 17.9 Å². The second-order valence-electron chi connectivity index (χ2n) is 5.68. The molecule has 2 heteroatoms. The van der Waals surface area contributed by atoms with Gasteiger partial charge in [0.15, 0.2) is 0 Å². The number of nitrogens with zero attached hydrogens (tertiary/aromatic N) is 1. The molecule has 1 atom stereocenters. The zero-order valence-corrected chi connectivity index (χ0v) is 10.3. The van der Waals surface area contributed by atoms with Gasteiger partial charge in [-0.2, -0.15) is 0 Å². The lowest BCUT2D eigenvalue weighted by Gasteiger charge is -2.35. The smallest absolute Gasteiger partial charge is 0.0195 e. The summed E-state index contributed by atoms with van der Waals surface area (Å²) in [6.07, 6.45) is 5.62. The third kappa shape index (κ3) is 3.18. The van der Waals surface area contributed by atoms with Crippen LogP contribution in [-0.4, -0.2) is 37.1 Å². The van der Waals surface area contributed by atoms with Crippen molar-refractivity contribution >= 4 is 0 Å². The average Bonchev–Trinajstić information content (AvgIpc) is 2.71. The number of piperidine rings is 1. The van der Waals surface area contributed by atoms with Gasteiger partial charge >= 0.3 is 0 Å². The molecule has 0 aromatic heterocycles. The molecule has 2 fully saturated rings. The highest BCUT2D eigenvalue weighted by Gasteiger charge is 2.24. The van der Waals surface area contributed by atoms with E-state index in [4.69, 9.17) is 0 Å². The first-order valence-corrected chi connectivity index (χ1v) is 6.71. The van der Waals surface area contributed by atoms with Gasteiger partial charge in [0.2, 0.25) is 0 Å². The first kappa shape index (κ1) is 11.4. The standard InChI is InChI=1S/C13H26N2/c1-11(2)12-5-8-15(9-6-12)10-13-4-3-7-14-13/h11-14H,3-10H2,1-2H3/t13-/m0/s1. The molecule has 0 unspecified atom stereocenters. The molecule has 2 aliphatic rings. The van der Waals surface area contributed by atoms with E-state index >= 15 is 0 Å². The number of hydrogen-bond donors (Lipinski definition) is 1. The van der Waals surface area contributed by atoms with Crippen molar-refractivity contribution in [3.63, 3.8) is 0 Å². The Kier molecular flexibility index (Phi) is 4.04. The van der Waals surface area contributed by atoms with Gasteiger partial charge in [-0.25, -0.2) is 0 Å².